The Hall–Kier alpha value is -1.91. The number of nitrogens with zero attached hydrogens (tertiary/aromatic N) is 3. The van der Waals surface area contributed by atoms with Crippen molar-refractivity contribution in [3.8, 4) is 0 Å². The fourth-order valence-electron chi connectivity index (χ4n) is 2.30. The van der Waals surface area contributed by atoms with Crippen LogP contribution in [0.1, 0.15) is 19.8 Å². The minimum Gasteiger partial charge on any atom is -0.479 e. The molecule has 1 aromatic carbocycles. The molecule has 0 aliphatic heterocycles. The lowest BCUT2D eigenvalue weighted by molar-refractivity contribution is -0.148. The summed E-state index contributed by atoms with van der Waals surface area (Å²) in [5.74, 6) is -0.680. The van der Waals surface area contributed by atoms with Gasteiger partial charge < -0.3 is 5.11 Å². The first-order valence-corrected chi connectivity index (χ1v) is 5.68. The van der Waals surface area contributed by atoms with Crippen molar-refractivity contribution in [1.29, 1.82) is 0 Å². The van der Waals surface area contributed by atoms with Gasteiger partial charge in [0.1, 0.15) is 5.52 Å². The van der Waals surface area contributed by atoms with Gasteiger partial charge in [0.05, 0.1) is 5.52 Å². The molecule has 0 amide bonds. The summed E-state index contributed by atoms with van der Waals surface area (Å²) in [5.41, 5.74) is 0.542. The molecule has 2 aromatic rings. The molecule has 1 heterocycles. The molecule has 5 heteroatoms. The third-order valence-corrected chi connectivity index (χ3v) is 3.60. The number of hydrogen-bond acceptors (Lipinski definition) is 3. The SMILES string of the molecule is CC(C(=O)O)(C1CC1)n1nnc2ccccc21. The topological polar surface area (TPSA) is 68.0 Å². The third kappa shape index (κ3) is 1.35. The summed E-state index contributed by atoms with van der Waals surface area (Å²) in [7, 11) is 0. The molecule has 17 heavy (non-hydrogen) atoms. The second-order valence-corrected chi connectivity index (χ2v) is 4.72. The lowest BCUT2D eigenvalue weighted by atomic mass is 9.96. The predicted octanol–water partition coefficient (Wildman–Crippen LogP) is 1.64. The number of rotatable bonds is 3. The van der Waals surface area contributed by atoms with Crippen LogP contribution >= 0.6 is 0 Å². The van der Waals surface area contributed by atoms with Crippen LogP contribution in [0.3, 0.4) is 0 Å². The summed E-state index contributed by atoms with van der Waals surface area (Å²) in [6.07, 6.45) is 1.88. The van der Waals surface area contributed by atoms with Crippen LogP contribution in [-0.2, 0) is 10.3 Å². The van der Waals surface area contributed by atoms with Crippen LogP contribution in [0.5, 0.6) is 0 Å². The Morgan fingerprint density at radius 1 is 1.47 bits per heavy atom. The molecule has 3 rings (SSSR count). The number of aliphatic carboxylic acids is 1. The molecule has 1 unspecified atom stereocenters. The Morgan fingerprint density at radius 3 is 2.82 bits per heavy atom. The maximum Gasteiger partial charge on any atom is 0.331 e. The standard InChI is InChI=1S/C12H13N3O2/c1-12(11(16)17,8-6-7-8)15-10-5-3-2-4-9(10)13-14-15/h2-5,8H,6-7H2,1H3,(H,16,17). The average Bonchev–Trinajstić information content (AvgIpc) is 3.08. The number of aromatic nitrogens is 3. The normalized spacial score (nSPS) is 19.1. The zero-order chi connectivity index (χ0) is 12.0. The van der Waals surface area contributed by atoms with E-state index in [2.05, 4.69) is 10.3 Å². The Labute approximate surface area is 98.0 Å². The zero-order valence-electron chi connectivity index (χ0n) is 9.50. The number of carbonyl (C=O) groups is 1. The second kappa shape index (κ2) is 3.29. The fourth-order valence-corrected chi connectivity index (χ4v) is 2.30. The molecule has 0 spiro atoms. The van der Waals surface area contributed by atoms with Crippen LogP contribution in [0.25, 0.3) is 11.0 Å². The first-order valence-electron chi connectivity index (χ1n) is 5.68. The number of para-hydroxylation sites is 1. The van der Waals surface area contributed by atoms with Gasteiger partial charge >= 0.3 is 5.97 Å². The summed E-state index contributed by atoms with van der Waals surface area (Å²) in [4.78, 5) is 11.6. The van der Waals surface area contributed by atoms with E-state index in [4.69, 9.17) is 0 Å². The Balaban J connectivity index is 2.22. The molecule has 0 saturated heterocycles. The molecule has 0 radical (unpaired) electrons. The number of benzene rings is 1. The lowest BCUT2D eigenvalue weighted by Gasteiger charge is -2.25. The summed E-state index contributed by atoms with van der Waals surface area (Å²) in [6, 6.07) is 7.45. The molecule has 88 valence electrons. The van der Waals surface area contributed by atoms with E-state index >= 15 is 0 Å². The van der Waals surface area contributed by atoms with Gasteiger partial charge in [-0.05, 0) is 37.8 Å². The van der Waals surface area contributed by atoms with Gasteiger partial charge in [0, 0.05) is 0 Å². The number of carboxylic acids is 1. The quantitative estimate of drug-likeness (QED) is 0.871. The molecule has 1 aliphatic rings. The van der Waals surface area contributed by atoms with E-state index in [1.165, 1.54) is 0 Å². The molecule has 1 N–H and O–H groups in total. The van der Waals surface area contributed by atoms with E-state index in [9.17, 15) is 9.90 Å². The second-order valence-electron chi connectivity index (χ2n) is 4.72. The van der Waals surface area contributed by atoms with Gasteiger partial charge in [-0.15, -0.1) is 5.10 Å². The van der Waals surface area contributed by atoms with E-state index in [1.54, 1.807) is 11.6 Å². The van der Waals surface area contributed by atoms with E-state index in [0.29, 0.717) is 0 Å². The molecule has 1 aliphatic carbocycles. The predicted molar refractivity (Wildman–Crippen MR) is 61.5 cm³/mol. The van der Waals surface area contributed by atoms with Crippen molar-refractivity contribution in [3.05, 3.63) is 24.3 Å². The number of hydrogen-bond donors (Lipinski definition) is 1. The lowest BCUT2D eigenvalue weighted by Crippen LogP contribution is -2.41. The Kier molecular flexibility index (Phi) is 1.98. The highest BCUT2D eigenvalue weighted by Crippen LogP contribution is 2.44. The van der Waals surface area contributed by atoms with E-state index in [0.717, 1.165) is 23.9 Å². The Bertz CT molecular complexity index is 588. The molecule has 0 bridgehead atoms. The van der Waals surface area contributed by atoms with E-state index < -0.39 is 11.5 Å². The van der Waals surface area contributed by atoms with Gasteiger partial charge in [-0.25, -0.2) is 9.48 Å². The molecule has 1 fully saturated rings. The fraction of sp³-hybridized carbons (Fsp3) is 0.417. The largest absolute Gasteiger partial charge is 0.479 e. The average molecular weight is 231 g/mol. The highest BCUT2D eigenvalue weighted by Gasteiger charge is 2.50. The van der Waals surface area contributed by atoms with Gasteiger partial charge in [0.15, 0.2) is 5.54 Å². The minimum absolute atomic E-state index is 0.158. The Morgan fingerprint density at radius 2 is 2.18 bits per heavy atom. The molecule has 1 atom stereocenters. The van der Waals surface area contributed by atoms with Gasteiger partial charge in [-0.1, -0.05) is 17.3 Å². The van der Waals surface area contributed by atoms with Crippen LogP contribution in [0.4, 0.5) is 0 Å². The van der Waals surface area contributed by atoms with Crippen LogP contribution in [0, 0.1) is 5.92 Å². The smallest absolute Gasteiger partial charge is 0.331 e. The van der Waals surface area contributed by atoms with E-state index in [-0.39, 0.29) is 5.92 Å². The van der Waals surface area contributed by atoms with Gasteiger partial charge in [0.25, 0.3) is 0 Å². The summed E-state index contributed by atoms with van der Waals surface area (Å²) in [6.45, 7) is 1.73. The van der Waals surface area contributed by atoms with Crippen molar-refractivity contribution in [2.75, 3.05) is 0 Å². The van der Waals surface area contributed by atoms with Crippen molar-refractivity contribution < 1.29 is 9.90 Å². The van der Waals surface area contributed by atoms with Crippen molar-refractivity contribution >= 4 is 17.0 Å². The monoisotopic (exact) mass is 231 g/mol. The highest BCUT2D eigenvalue weighted by atomic mass is 16.4. The van der Waals surface area contributed by atoms with Crippen LogP contribution < -0.4 is 0 Å². The maximum atomic E-state index is 11.6. The first kappa shape index (κ1) is 10.3. The molecular weight excluding hydrogens is 218 g/mol. The molecule has 1 aromatic heterocycles. The van der Waals surface area contributed by atoms with Crippen molar-refractivity contribution in [1.82, 2.24) is 15.0 Å². The number of fused-ring (bicyclic) bond motifs is 1. The van der Waals surface area contributed by atoms with Crippen LogP contribution in [0.2, 0.25) is 0 Å². The summed E-state index contributed by atoms with van der Waals surface area (Å²) >= 11 is 0. The van der Waals surface area contributed by atoms with Gasteiger partial charge in [0.2, 0.25) is 0 Å². The van der Waals surface area contributed by atoms with E-state index in [1.807, 2.05) is 24.3 Å². The molecular formula is C12H13N3O2. The first-order chi connectivity index (χ1) is 8.14. The van der Waals surface area contributed by atoms with Crippen LogP contribution in [-0.4, -0.2) is 26.1 Å². The summed E-state index contributed by atoms with van der Waals surface area (Å²) < 4.78 is 1.56. The van der Waals surface area contributed by atoms with Gasteiger partial charge in [-0.2, -0.15) is 0 Å². The minimum atomic E-state index is -0.976. The van der Waals surface area contributed by atoms with Crippen molar-refractivity contribution in [3.63, 3.8) is 0 Å². The molecule has 5 nitrogen and oxygen atoms in total. The maximum absolute atomic E-state index is 11.6. The third-order valence-electron chi connectivity index (χ3n) is 3.60. The highest BCUT2D eigenvalue weighted by molar-refractivity contribution is 5.81. The van der Waals surface area contributed by atoms with Gasteiger partial charge in [-0.3, -0.25) is 0 Å². The zero-order valence-corrected chi connectivity index (χ0v) is 9.50. The van der Waals surface area contributed by atoms with Crippen LogP contribution in [0.15, 0.2) is 24.3 Å². The van der Waals surface area contributed by atoms with Crippen molar-refractivity contribution in [2.24, 2.45) is 5.92 Å². The summed E-state index contributed by atoms with van der Waals surface area (Å²) in [5, 5.41) is 17.5. The molecule has 1 saturated carbocycles. The number of carboxylic acid groups (broad SMARTS) is 1. The van der Waals surface area contributed by atoms with Crippen molar-refractivity contribution in [2.45, 2.75) is 25.3 Å².